The highest BCUT2D eigenvalue weighted by molar-refractivity contribution is 4.75. The van der Waals surface area contributed by atoms with Gasteiger partial charge in [0, 0.05) is 12.8 Å². The van der Waals surface area contributed by atoms with E-state index in [2.05, 4.69) is 0 Å². The third-order valence-corrected chi connectivity index (χ3v) is 1.86. The fraction of sp³-hybridized carbons (Fsp3) is 1.00. The van der Waals surface area contributed by atoms with Gasteiger partial charge in [0.2, 0.25) is 0 Å². The lowest BCUT2D eigenvalue weighted by Gasteiger charge is -2.14. The Morgan fingerprint density at radius 3 is 2.70 bits per heavy atom. The first-order chi connectivity index (χ1) is 4.60. The zero-order valence-corrected chi connectivity index (χ0v) is 5.82. The standard InChI is InChI=1S/C7H12F2O/c8-7(9)4-2-1-3-6(10)5-7/h6,10H,1-5H2. The van der Waals surface area contributed by atoms with E-state index < -0.39 is 12.0 Å². The SMILES string of the molecule is OC1CCCCC(F)(F)C1. The van der Waals surface area contributed by atoms with Crippen molar-refractivity contribution in [2.45, 2.75) is 44.1 Å². The molecule has 0 aromatic rings. The number of aliphatic hydroxyl groups excluding tert-OH is 1. The summed E-state index contributed by atoms with van der Waals surface area (Å²) in [6, 6.07) is 0. The van der Waals surface area contributed by atoms with Crippen molar-refractivity contribution < 1.29 is 13.9 Å². The van der Waals surface area contributed by atoms with E-state index in [4.69, 9.17) is 5.11 Å². The van der Waals surface area contributed by atoms with Crippen LogP contribution < -0.4 is 0 Å². The Hall–Kier alpha value is -0.180. The Bertz CT molecular complexity index is 114. The van der Waals surface area contributed by atoms with Crippen molar-refractivity contribution in [1.82, 2.24) is 0 Å². The molecule has 0 spiro atoms. The summed E-state index contributed by atoms with van der Waals surface area (Å²) in [7, 11) is 0. The third-order valence-electron chi connectivity index (χ3n) is 1.86. The van der Waals surface area contributed by atoms with Gasteiger partial charge in [-0.25, -0.2) is 8.78 Å². The first kappa shape index (κ1) is 7.92. The highest BCUT2D eigenvalue weighted by atomic mass is 19.3. The normalized spacial score (nSPS) is 33.3. The number of hydrogen-bond donors (Lipinski definition) is 1. The van der Waals surface area contributed by atoms with Crippen LogP contribution in [0.3, 0.4) is 0 Å². The first-order valence-corrected chi connectivity index (χ1v) is 3.66. The molecular weight excluding hydrogens is 138 g/mol. The van der Waals surface area contributed by atoms with E-state index in [-0.39, 0.29) is 12.8 Å². The molecule has 3 heteroatoms. The van der Waals surface area contributed by atoms with Gasteiger partial charge in [-0.15, -0.1) is 0 Å². The van der Waals surface area contributed by atoms with Gasteiger partial charge in [-0.1, -0.05) is 6.42 Å². The quantitative estimate of drug-likeness (QED) is 0.523. The zero-order chi connectivity index (χ0) is 7.61. The largest absolute Gasteiger partial charge is 0.393 e. The molecular formula is C7H12F2O. The molecule has 0 bridgehead atoms. The Morgan fingerprint density at radius 2 is 2.00 bits per heavy atom. The summed E-state index contributed by atoms with van der Waals surface area (Å²) in [6.45, 7) is 0. The maximum atomic E-state index is 12.6. The predicted molar refractivity (Wildman–Crippen MR) is 34.0 cm³/mol. The van der Waals surface area contributed by atoms with Crippen molar-refractivity contribution in [1.29, 1.82) is 0 Å². The molecule has 0 heterocycles. The molecule has 0 aliphatic heterocycles. The van der Waals surface area contributed by atoms with Gasteiger partial charge < -0.3 is 5.11 Å². The molecule has 10 heavy (non-hydrogen) atoms. The molecule has 1 aliphatic carbocycles. The summed E-state index contributed by atoms with van der Waals surface area (Å²) in [5.41, 5.74) is 0. The maximum absolute atomic E-state index is 12.6. The van der Waals surface area contributed by atoms with Crippen LogP contribution in [0, 0.1) is 0 Å². The molecule has 0 radical (unpaired) electrons. The molecule has 1 saturated carbocycles. The van der Waals surface area contributed by atoms with Crippen LogP contribution in [-0.2, 0) is 0 Å². The van der Waals surface area contributed by atoms with Crippen LogP contribution in [0.25, 0.3) is 0 Å². The minimum atomic E-state index is -2.62. The summed E-state index contributed by atoms with van der Waals surface area (Å²) in [4.78, 5) is 0. The minimum absolute atomic E-state index is 0.0515. The fourth-order valence-electron chi connectivity index (χ4n) is 1.31. The van der Waals surface area contributed by atoms with Gasteiger partial charge in [0.25, 0.3) is 5.92 Å². The Balaban J connectivity index is 2.46. The van der Waals surface area contributed by atoms with Crippen LogP contribution in [0.15, 0.2) is 0 Å². The number of hydrogen-bond acceptors (Lipinski definition) is 1. The van der Waals surface area contributed by atoms with E-state index in [9.17, 15) is 8.78 Å². The van der Waals surface area contributed by atoms with Crippen LogP contribution in [0.2, 0.25) is 0 Å². The van der Waals surface area contributed by atoms with Gasteiger partial charge in [-0.3, -0.25) is 0 Å². The molecule has 0 saturated heterocycles. The Kier molecular flexibility index (Phi) is 2.24. The van der Waals surface area contributed by atoms with Gasteiger partial charge in [-0.05, 0) is 12.8 Å². The van der Waals surface area contributed by atoms with Gasteiger partial charge in [0.05, 0.1) is 6.10 Å². The van der Waals surface area contributed by atoms with Gasteiger partial charge in [0.1, 0.15) is 0 Å². The van der Waals surface area contributed by atoms with E-state index in [1.54, 1.807) is 0 Å². The second-order valence-corrected chi connectivity index (χ2v) is 2.96. The fourth-order valence-corrected chi connectivity index (χ4v) is 1.31. The Labute approximate surface area is 59.0 Å². The molecule has 0 aromatic carbocycles. The lowest BCUT2D eigenvalue weighted by atomic mass is 10.1. The summed E-state index contributed by atoms with van der Waals surface area (Å²) in [5.74, 6) is -2.62. The molecule has 1 rings (SSSR count). The molecule has 0 aromatic heterocycles. The topological polar surface area (TPSA) is 20.2 Å². The van der Waals surface area contributed by atoms with Crippen LogP contribution in [0.5, 0.6) is 0 Å². The molecule has 1 fully saturated rings. The first-order valence-electron chi connectivity index (χ1n) is 3.66. The summed E-state index contributed by atoms with van der Waals surface area (Å²) in [6.07, 6.45) is 0.644. The molecule has 60 valence electrons. The Morgan fingerprint density at radius 1 is 1.30 bits per heavy atom. The molecule has 1 unspecified atom stereocenters. The highest BCUT2D eigenvalue weighted by Crippen LogP contribution is 2.31. The van der Waals surface area contributed by atoms with E-state index in [1.807, 2.05) is 0 Å². The van der Waals surface area contributed by atoms with Gasteiger partial charge >= 0.3 is 0 Å². The second kappa shape index (κ2) is 2.82. The van der Waals surface area contributed by atoms with E-state index in [1.165, 1.54) is 0 Å². The monoisotopic (exact) mass is 150 g/mol. The number of rotatable bonds is 0. The van der Waals surface area contributed by atoms with Crippen molar-refractivity contribution in [3.63, 3.8) is 0 Å². The van der Waals surface area contributed by atoms with Gasteiger partial charge in [-0.2, -0.15) is 0 Å². The molecule has 1 nitrogen and oxygen atoms in total. The smallest absolute Gasteiger partial charge is 0.250 e. The number of alkyl halides is 2. The van der Waals surface area contributed by atoms with E-state index in [0.717, 1.165) is 6.42 Å². The lowest BCUT2D eigenvalue weighted by molar-refractivity contribution is -0.0427. The predicted octanol–water partition coefficient (Wildman–Crippen LogP) is 1.95. The number of halogens is 2. The van der Waals surface area contributed by atoms with Crippen LogP contribution >= 0.6 is 0 Å². The second-order valence-electron chi connectivity index (χ2n) is 2.96. The van der Waals surface area contributed by atoms with Crippen LogP contribution in [0.1, 0.15) is 32.1 Å². The van der Waals surface area contributed by atoms with Crippen molar-refractivity contribution in [2.24, 2.45) is 0 Å². The number of aliphatic hydroxyl groups is 1. The summed E-state index contributed by atoms with van der Waals surface area (Å²) < 4.78 is 25.1. The van der Waals surface area contributed by atoms with Crippen LogP contribution in [-0.4, -0.2) is 17.1 Å². The molecule has 1 aliphatic rings. The van der Waals surface area contributed by atoms with Gasteiger partial charge in [0.15, 0.2) is 0 Å². The average Bonchev–Trinajstić information content (AvgIpc) is 1.90. The zero-order valence-electron chi connectivity index (χ0n) is 5.82. The van der Waals surface area contributed by atoms with E-state index in [0.29, 0.717) is 12.8 Å². The minimum Gasteiger partial charge on any atom is -0.393 e. The summed E-state index contributed by atoms with van der Waals surface area (Å²) in [5, 5.41) is 8.94. The molecule has 1 N–H and O–H groups in total. The van der Waals surface area contributed by atoms with E-state index >= 15 is 0 Å². The van der Waals surface area contributed by atoms with Crippen molar-refractivity contribution >= 4 is 0 Å². The molecule has 0 amide bonds. The van der Waals surface area contributed by atoms with Crippen molar-refractivity contribution in [2.75, 3.05) is 0 Å². The van der Waals surface area contributed by atoms with Crippen molar-refractivity contribution in [3.8, 4) is 0 Å². The maximum Gasteiger partial charge on any atom is 0.250 e. The highest BCUT2D eigenvalue weighted by Gasteiger charge is 2.33. The third kappa shape index (κ3) is 2.21. The molecule has 1 atom stereocenters. The van der Waals surface area contributed by atoms with Crippen LogP contribution in [0.4, 0.5) is 8.78 Å². The van der Waals surface area contributed by atoms with Crippen molar-refractivity contribution in [3.05, 3.63) is 0 Å². The average molecular weight is 150 g/mol. The summed E-state index contributed by atoms with van der Waals surface area (Å²) >= 11 is 0. The lowest BCUT2D eigenvalue weighted by Crippen LogP contribution is -2.20.